The van der Waals surface area contributed by atoms with Crippen LogP contribution in [0.4, 0.5) is 0 Å². The van der Waals surface area contributed by atoms with Crippen molar-refractivity contribution in [2.45, 2.75) is 0 Å². The second kappa shape index (κ2) is 5.66. The van der Waals surface area contributed by atoms with E-state index in [1.54, 1.807) is 20.4 Å². The summed E-state index contributed by atoms with van der Waals surface area (Å²) in [4.78, 5) is 12.0. The van der Waals surface area contributed by atoms with Crippen LogP contribution in [0.1, 0.15) is 0 Å². The van der Waals surface area contributed by atoms with Gasteiger partial charge >= 0.3 is 0 Å². The Balaban J connectivity index is 1.97. The van der Waals surface area contributed by atoms with Gasteiger partial charge in [0.05, 0.1) is 19.9 Å². The summed E-state index contributed by atoms with van der Waals surface area (Å²) in [6, 6.07) is 11.4. The lowest BCUT2D eigenvalue weighted by Crippen LogP contribution is -1.91. The van der Waals surface area contributed by atoms with E-state index in [0.717, 1.165) is 22.8 Å². The average molecular weight is 281 g/mol. The summed E-state index contributed by atoms with van der Waals surface area (Å²) in [5.74, 6) is 2.13. The number of rotatable bonds is 4. The first kappa shape index (κ1) is 13.2. The second-order valence-electron chi connectivity index (χ2n) is 4.42. The first-order valence-electron chi connectivity index (χ1n) is 6.51. The summed E-state index contributed by atoms with van der Waals surface area (Å²) in [6.45, 7) is 0. The van der Waals surface area contributed by atoms with Gasteiger partial charge in [-0.2, -0.15) is 0 Å². The molecule has 0 fully saturated rings. The largest absolute Gasteiger partial charge is 0.493 e. The molecule has 0 saturated heterocycles. The fourth-order valence-electron chi connectivity index (χ4n) is 2.10. The van der Waals surface area contributed by atoms with Gasteiger partial charge in [0.25, 0.3) is 0 Å². The fourth-order valence-corrected chi connectivity index (χ4v) is 2.10. The Morgan fingerprint density at radius 3 is 2.52 bits per heavy atom. The summed E-state index contributed by atoms with van der Waals surface area (Å²) in [5.41, 5.74) is 2.57. The van der Waals surface area contributed by atoms with Gasteiger partial charge in [0.15, 0.2) is 11.5 Å². The molecule has 1 N–H and O–H groups in total. The summed E-state index contributed by atoms with van der Waals surface area (Å²) < 4.78 is 10.5. The number of nitrogens with one attached hydrogen (secondary N) is 1. The van der Waals surface area contributed by atoms with Crippen molar-refractivity contribution in [1.82, 2.24) is 15.0 Å². The van der Waals surface area contributed by atoms with Gasteiger partial charge in [-0.3, -0.25) is 4.98 Å². The zero-order chi connectivity index (χ0) is 14.7. The number of nitrogens with zero attached hydrogens (tertiary/aromatic N) is 2. The van der Waals surface area contributed by atoms with Crippen molar-refractivity contribution in [2.75, 3.05) is 14.2 Å². The highest BCUT2D eigenvalue weighted by Crippen LogP contribution is 2.31. The van der Waals surface area contributed by atoms with E-state index in [4.69, 9.17) is 9.47 Å². The predicted molar refractivity (Wildman–Crippen MR) is 80.4 cm³/mol. The first-order valence-corrected chi connectivity index (χ1v) is 6.51. The van der Waals surface area contributed by atoms with Crippen LogP contribution >= 0.6 is 0 Å². The molecule has 2 aromatic heterocycles. The Morgan fingerprint density at radius 1 is 0.952 bits per heavy atom. The van der Waals surface area contributed by atoms with Crippen LogP contribution in [0.25, 0.3) is 22.8 Å². The summed E-state index contributed by atoms with van der Waals surface area (Å²) in [5, 5.41) is 0. The van der Waals surface area contributed by atoms with Gasteiger partial charge in [-0.05, 0) is 30.3 Å². The van der Waals surface area contributed by atoms with Gasteiger partial charge in [-0.1, -0.05) is 6.07 Å². The molecule has 0 aliphatic rings. The molecule has 1 aromatic carbocycles. The van der Waals surface area contributed by atoms with Crippen LogP contribution in [-0.2, 0) is 0 Å². The van der Waals surface area contributed by atoms with Crippen molar-refractivity contribution >= 4 is 0 Å². The van der Waals surface area contributed by atoms with Gasteiger partial charge in [-0.15, -0.1) is 0 Å². The lowest BCUT2D eigenvalue weighted by molar-refractivity contribution is 0.355. The van der Waals surface area contributed by atoms with Crippen molar-refractivity contribution in [3.63, 3.8) is 0 Å². The van der Waals surface area contributed by atoms with Crippen LogP contribution in [0.2, 0.25) is 0 Å². The molecule has 0 atom stereocenters. The molecule has 5 nitrogen and oxygen atoms in total. The number of benzene rings is 1. The maximum atomic E-state index is 5.31. The van der Waals surface area contributed by atoms with E-state index >= 15 is 0 Å². The molecule has 3 aromatic rings. The number of hydrogen-bond donors (Lipinski definition) is 1. The number of aromatic amines is 1. The van der Waals surface area contributed by atoms with Crippen molar-refractivity contribution in [3.8, 4) is 34.3 Å². The molecule has 0 spiro atoms. The highest BCUT2D eigenvalue weighted by atomic mass is 16.5. The van der Waals surface area contributed by atoms with Gasteiger partial charge in [0.2, 0.25) is 0 Å². The van der Waals surface area contributed by atoms with Crippen molar-refractivity contribution in [2.24, 2.45) is 0 Å². The summed E-state index contributed by atoms with van der Waals surface area (Å²) >= 11 is 0. The van der Waals surface area contributed by atoms with E-state index in [1.165, 1.54) is 0 Å². The summed E-state index contributed by atoms with van der Waals surface area (Å²) in [6.07, 6.45) is 3.59. The van der Waals surface area contributed by atoms with Crippen LogP contribution in [0.15, 0.2) is 48.8 Å². The van der Waals surface area contributed by atoms with E-state index in [1.807, 2.05) is 42.6 Å². The molecule has 0 saturated carbocycles. The third-order valence-electron chi connectivity index (χ3n) is 3.16. The molecule has 0 bridgehead atoms. The predicted octanol–water partition coefficient (Wildman–Crippen LogP) is 3.16. The molecule has 0 amide bonds. The number of H-pyrrole nitrogens is 1. The quantitative estimate of drug-likeness (QED) is 0.798. The van der Waals surface area contributed by atoms with Crippen LogP contribution < -0.4 is 9.47 Å². The van der Waals surface area contributed by atoms with Crippen LogP contribution in [0, 0.1) is 0 Å². The number of aromatic nitrogens is 3. The van der Waals surface area contributed by atoms with Gasteiger partial charge < -0.3 is 14.5 Å². The molecule has 5 heteroatoms. The normalized spacial score (nSPS) is 10.4. The minimum Gasteiger partial charge on any atom is -0.493 e. The van der Waals surface area contributed by atoms with Crippen LogP contribution in [0.5, 0.6) is 11.5 Å². The maximum Gasteiger partial charge on any atom is 0.161 e. The molecule has 21 heavy (non-hydrogen) atoms. The van der Waals surface area contributed by atoms with Gasteiger partial charge in [0, 0.05) is 18.0 Å². The highest BCUT2D eigenvalue weighted by Gasteiger charge is 2.10. The number of ether oxygens (including phenoxy) is 2. The number of hydrogen-bond acceptors (Lipinski definition) is 4. The third-order valence-corrected chi connectivity index (χ3v) is 3.16. The maximum absolute atomic E-state index is 5.31. The summed E-state index contributed by atoms with van der Waals surface area (Å²) in [7, 11) is 3.23. The number of imidazole rings is 1. The first-order chi connectivity index (χ1) is 10.3. The molecule has 0 aliphatic carbocycles. The van der Waals surface area contributed by atoms with Crippen molar-refractivity contribution in [1.29, 1.82) is 0 Å². The third kappa shape index (κ3) is 2.58. The smallest absolute Gasteiger partial charge is 0.161 e. The molecule has 2 heterocycles. The lowest BCUT2D eigenvalue weighted by Gasteiger charge is -2.08. The highest BCUT2D eigenvalue weighted by molar-refractivity contribution is 5.65. The van der Waals surface area contributed by atoms with E-state index < -0.39 is 0 Å². The zero-order valence-corrected chi connectivity index (χ0v) is 11.8. The molecule has 0 aliphatic heterocycles. The topological polar surface area (TPSA) is 60.0 Å². The zero-order valence-electron chi connectivity index (χ0n) is 11.8. The molecule has 0 radical (unpaired) electrons. The van der Waals surface area contributed by atoms with Crippen LogP contribution in [-0.4, -0.2) is 29.2 Å². The minimum atomic E-state index is 0.672. The van der Waals surface area contributed by atoms with E-state index in [0.29, 0.717) is 11.5 Å². The van der Waals surface area contributed by atoms with E-state index in [2.05, 4.69) is 15.0 Å². The second-order valence-corrected chi connectivity index (χ2v) is 4.42. The molecule has 106 valence electrons. The van der Waals surface area contributed by atoms with Gasteiger partial charge in [0.1, 0.15) is 11.5 Å². The Hall–Kier alpha value is -2.82. The van der Waals surface area contributed by atoms with Crippen molar-refractivity contribution in [3.05, 3.63) is 48.8 Å². The van der Waals surface area contributed by atoms with Gasteiger partial charge in [-0.25, -0.2) is 4.98 Å². The lowest BCUT2D eigenvalue weighted by atomic mass is 10.2. The Labute approximate surface area is 122 Å². The molecule has 3 rings (SSSR count). The number of methoxy groups -OCH3 is 2. The fraction of sp³-hybridized carbons (Fsp3) is 0.125. The molecule has 0 unspecified atom stereocenters. The average Bonchev–Trinajstić information content (AvgIpc) is 3.05. The Kier molecular flexibility index (Phi) is 3.55. The number of pyridine rings is 1. The van der Waals surface area contributed by atoms with E-state index in [-0.39, 0.29) is 0 Å². The standard InChI is InChI=1S/C16H15N3O2/c1-20-14-7-6-11(9-15(14)21-2)16-18-10-13(19-16)12-5-3-4-8-17-12/h3-10H,1-2H3,(H,18,19). The van der Waals surface area contributed by atoms with Crippen molar-refractivity contribution < 1.29 is 9.47 Å². The van der Waals surface area contributed by atoms with Crippen LogP contribution in [0.3, 0.4) is 0 Å². The van der Waals surface area contributed by atoms with E-state index in [9.17, 15) is 0 Å². The molecular formula is C16H15N3O2. The Bertz CT molecular complexity index is 738. The molecular weight excluding hydrogens is 266 g/mol. The SMILES string of the molecule is COc1ccc(-c2nc(-c3ccccn3)c[nH]2)cc1OC. The monoisotopic (exact) mass is 281 g/mol. The minimum absolute atomic E-state index is 0.672. The Morgan fingerprint density at radius 2 is 1.81 bits per heavy atom.